The van der Waals surface area contributed by atoms with Crippen LogP contribution in [0.25, 0.3) is 0 Å². The van der Waals surface area contributed by atoms with Gasteiger partial charge in [-0.2, -0.15) is 0 Å². The van der Waals surface area contributed by atoms with Crippen molar-refractivity contribution < 1.29 is 22.4 Å². The standard InChI is InChI=1S/C31H36Cl2FN3O4S/c1-31(2,3)35-30(39)28(19-22-9-6-5-7-10-22)36(21-23-12-15-25(34)16-13-23)29(38)11-8-18-37(42(4,40)41)27-20-24(32)14-17-26(27)33/h5-7,9-10,12-17,20,28H,8,11,18-19,21H2,1-4H3,(H,35,39). The second-order valence-electron chi connectivity index (χ2n) is 11.1. The van der Waals surface area contributed by atoms with Crippen molar-refractivity contribution >= 4 is 50.7 Å². The summed E-state index contributed by atoms with van der Waals surface area (Å²) < 4.78 is 40.1. The van der Waals surface area contributed by atoms with Gasteiger partial charge in [-0.1, -0.05) is 65.7 Å². The molecule has 1 unspecified atom stereocenters. The number of hydrogen-bond acceptors (Lipinski definition) is 4. The summed E-state index contributed by atoms with van der Waals surface area (Å²) in [6.45, 7) is 5.60. The van der Waals surface area contributed by atoms with Gasteiger partial charge in [-0.25, -0.2) is 12.8 Å². The van der Waals surface area contributed by atoms with E-state index in [-0.39, 0.29) is 54.9 Å². The predicted molar refractivity (Wildman–Crippen MR) is 167 cm³/mol. The summed E-state index contributed by atoms with van der Waals surface area (Å²) in [4.78, 5) is 29.0. The molecular weight excluding hydrogens is 600 g/mol. The van der Waals surface area contributed by atoms with Crippen molar-refractivity contribution in [3.8, 4) is 0 Å². The lowest BCUT2D eigenvalue weighted by atomic mass is 10.00. The second-order valence-corrected chi connectivity index (χ2v) is 13.9. The molecule has 0 saturated heterocycles. The maximum atomic E-state index is 13.9. The Morgan fingerprint density at radius 3 is 2.19 bits per heavy atom. The molecule has 0 spiro atoms. The summed E-state index contributed by atoms with van der Waals surface area (Å²) >= 11 is 12.4. The molecule has 11 heteroatoms. The number of rotatable bonds is 12. The smallest absolute Gasteiger partial charge is 0.243 e. The van der Waals surface area contributed by atoms with Gasteiger partial charge in [0.2, 0.25) is 21.8 Å². The Kier molecular flexibility index (Phi) is 11.4. The van der Waals surface area contributed by atoms with Crippen LogP contribution in [0, 0.1) is 5.82 Å². The molecule has 0 aliphatic carbocycles. The number of amides is 2. The van der Waals surface area contributed by atoms with Gasteiger partial charge >= 0.3 is 0 Å². The SMILES string of the molecule is CC(C)(C)NC(=O)C(Cc1ccccc1)N(Cc1ccc(F)cc1)C(=O)CCCN(c1cc(Cl)ccc1Cl)S(C)(=O)=O. The minimum atomic E-state index is -3.75. The van der Waals surface area contributed by atoms with Crippen LogP contribution in [0.5, 0.6) is 0 Å². The lowest BCUT2D eigenvalue weighted by Crippen LogP contribution is -2.54. The molecule has 3 rings (SSSR count). The zero-order chi connectivity index (χ0) is 31.1. The Balaban J connectivity index is 1.92. The minimum Gasteiger partial charge on any atom is -0.350 e. The van der Waals surface area contributed by atoms with Gasteiger partial charge in [-0.3, -0.25) is 13.9 Å². The van der Waals surface area contributed by atoms with Crippen LogP contribution in [-0.4, -0.2) is 49.5 Å². The van der Waals surface area contributed by atoms with Crippen molar-refractivity contribution in [2.75, 3.05) is 17.1 Å². The van der Waals surface area contributed by atoms with Crippen LogP contribution >= 0.6 is 23.2 Å². The lowest BCUT2D eigenvalue weighted by molar-refractivity contribution is -0.142. The third kappa shape index (κ3) is 10.00. The largest absolute Gasteiger partial charge is 0.350 e. The van der Waals surface area contributed by atoms with Crippen LogP contribution in [0.15, 0.2) is 72.8 Å². The van der Waals surface area contributed by atoms with E-state index >= 15 is 0 Å². The number of anilines is 1. The molecule has 1 atom stereocenters. The van der Waals surface area contributed by atoms with E-state index in [4.69, 9.17) is 23.2 Å². The van der Waals surface area contributed by atoms with E-state index in [1.54, 1.807) is 18.2 Å². The van der Waals surface area contributed by atoms with Crippen molar-refractivity contribution in [2.45, 2.75) is 58.2 Å². The number of nitrogens with one attached hydrogen (secondary N) is 1. The molecule has 0 heterocycles. The molecule has 226 valence electrons. The number of benzene rings is 3. The highest BCUT2D eigenvalue weighted by Gasteiger charge is 2.32. The van der Waals surface area contributed by atoms with Crippen LogP contribution in [-0.2, 0) is 32.6 Å². The van der Waals surface area contributed by atoms with Crippen molar-refractivity contribution in [1.82, 2.24) is 10.2 Å². The van der Waals surface area contributed by atoms with Crippen molar-refractivity contribution in [1.29, 1.82) is 0 Å². The van der Waals surface area contributed by atoms with Gasteiger partial charge in [0.05, 0.1) is 17.0 Å². The molecule has 2 amide bonds. The summed E-state index contributed by atoms with van der Waals surface area (Å²) in [7, 11) is -3.75. The quantitative estimate of drug-likeness (QED) is 0.255. The van der Waals surface area contributed by atoms with Gasteiger partial charge in [0, 0.05) is 36.5 Å². The van der Waals surface area contributed by atoms with Crippen molar-refractivity contribution in [3.05, 3.63) is 99.8 Å². The fraction of sp³-hybridized carbons (Fsp3) is 0.355. The molecular formula is C31H36Cl2FN3O4S. The van der Waals surface area contributed by atoms with Gasteiger partial charge in [0.25, 0.3) is 0 Å². The number of hydrogen-bond donors (Lipinski definition) is 1. The molecule has 3 aromatic carbocycles. The first-order chi connectivity index (χ1) is 19.6. The van der Waals surface area contributed by atoms with E-state index < -0.39 is 27.4 Å². The normalized spacial score (nSPS) is 12.5. The predicted octanol–water partition coefficient (Wildman–Crippen LogP) is 6.23. The number of carbonyl (C=O) groups excluding carboxylic acids is 2. The maximum absolute atomic E-state index is 13.9. The van der Waals surface area contributed by atoms with Gasteiger partial charge in [0.1, 0.15) is 11.9 Å². The lowest BCUT2D eigenvalue weighted by Gasteiger charge is -2.34. The Hall–Kier alpha value is -3.14. The fourth-order valence-corrected chi connectivity index (χ4v) is 5.86. The summed E-state index contributed by atoms with van der Waals surface area (Å²) in [5, 5.41) is 3.51. The molecule has 0 aliphatic heterocycles. The third-order valence-corrected chi connectivity index (χ3v) is 8.10. The highest BCUT2D eigenvalue weighted by atomic mass is 35.5. The molecule has 7 nitrogen and oxygen atoms in total. The third-order valence-electron chi connectivity index (χ3n) is 6.36. The number of sulfonamides is 1. The van der Waals surface area contributed by atoms with Gasteiger partial charge < -0.3 is 10.2 Å². The average molecular weight is 637 g/mol. The van der Waals surface area contributed by atoms with Crippen molar-refractivity contribution in [2.24, 2.45) is 0 Å². The highest BCUT2D eigenvalue weighted by Crippen LogP contribution is 2.31. The first kappa shape index (κ1) is 33.4. The molecule has 3 aromatic rings. The fourth-order valence-electron chi connectivity index (χ4n) is 4.45. The first-order valence-electron chi connectivity index (χ1n) is 13.5. The molecule has 0 aromatic heterocycles. The van der Waals surface area contributed by atoms with E-state index in [2.05, 4.69) is 5.32 Å². The molecule has 1 N–H and O–H groups in total. The average Bonchev–Trinajstić information content (AvgIpc) is 2.90. The molecule has 0 bridgehead atoms. The monoisotopic (exact) mass is 635 g/mol. The summed E-state index contributed by atoms with van der Waals surface area (Å²) in [5.74, 6) is -1.09. The van der Waals surface area contributed by atoms with Gasteiger partial charge in [-0.15, -0.1) is 0 Å². The highest BCUT2D eigenvalue weighted by molar-refractivity contribution is 7.92. The zero-order valence-electron chi connectivity index (χ0n) is 24.1. The zero-order valence-corrected chi connectivity index (χ0v) is 26.4. The molecule has 42 heavy (non-hydrogen) atoms. The second kappa shape index (κ2) is 14.4. The van der Waals surface area contributed by atoms with Crippen LogP contribution < -0.4 is 9.62 Å². The molecule has 0 saturated carbocycles. The Bertz CT molecular complexity index is 1480. The van der Waals surface area contributed by atoms with E-state index in [0.29, 0.717) is 10.6 Å². The number of carbonyl (C=O) groups is 2. The van der Waals surface area contributed by atoms with Crippen LogP contribution in [0.1, 0.15) is 44.7 Å². The Labute approximate surface area is 257 Å². The summed E-state index contributed by atoms with van der Waals surface area (Å²) in [5.41, 5.74) is 1.17. The molecule has 0 fully saturated rings. The van der Waals surface area contributed by atoms with E-state index in [1.165, 1.54) is 29.2 Å². The van der Waals surface area contributed by atoms with Crippen molar-refractivity contribution in [3.63, 3.8) is 0 Å². The van der Waals surface area contributed by atoms with E-state index in [9.17, 15) is 22.4 Å². The van der Waals surface area contributed by atoms with E-state index in [1.807, 2.05) is 51.1 Å². The topological polar surface area (TPSA) is 86.8 Å². The van der Waals surface area contributed by atoms with Crippen LogP contribution in [0.4, 0.5) is 10.1 Å². The Morgan fingerprint density at radius 2 is 1.60 bits per heavy atom. The minimum absolute atomic E-state index is 0.0352. The summed E-state index contributed by atoms with van der Waals surface area (Å²) in [6, 6.07) is 18.8. The van der Waals surface area contributed by atoms with Crippen LogP contribution in [0.2, 0.25) is 10.0 Å². The van der Waals surface area contributed by atoms with Gasteiger partial charge in [-0.05, 0) is 68.7 Å². The maximum Gasteiger partial charge on any atom is 0.243 e. The van der Waals surface area contributed by atoms with Gasteiger partial charge in [0.15, 0.2) is 0 Å². The molecule has 0 radical (unpaired) electrons. The number of halogens is 3. The Morgan fingerprint density at radius 1 is 0.952 bits per heavy atom. The van der Waals surface area contributed by atoms with Crippen LogP contribution in [0.3, 0.4) is 0 Å². The number of nitrogens with zero attached hydrogens (tertiary/aromatic N) is 2. The summed E-state index contributed by atoms with van der Waals surface area (Å²) in [6.07, 6.45) is 1.40. The van der Waals surface area contributed by atoms with E-state index in [0.717, 1.165) is 16.1 Å². The first-order valence-corrected chi connectivity index (χ1v) is 16.1. The molecule has 0 aliphatic rings.